The Balaban J connectivity index is 2.79. The normalized spacial score (nSPS) is 12.7. The highest BCUT2D eigenvalue weighted by atomic mass is 16.1. The van der Waals surface area contributed by atoms with Crippen LogP contribution in [0.25, 0.3) is 0 Å². The van der Waals surface area contributed by atoms with Crippen LogP contribution in [0.5, 0.6) is 0 Å². The number of carbonyl (C=O) groups excluding carboxylic acids is 1. The highest BCUT2D eigenvalue weighted by molar-refractivity contribution is 5.77. The van der Waals surface area contributed by atoms with Crippen LogP contribution in [0.2, 0.25) is 0 Å². The number of hydrogen-bond donors (Lipinski definition) is 1. The highest BCUT2D eigenvalue weighted by Gasteiger charge is 2.19. The fourth-order valence-corrected chi connectivity index (χ4v) is 2.20. The molecule has 0 bridgehead atoms. The van der Waals surface area contributed by atoms with E-state index in [0.29, 0.717) is 6.54 Å². The standard InChI is InChI=1S/C16H26N2O/c1-5-18(6-2)15(12-17-16(19)13(3)4)14-10-8-7-9-11-14/h7-11,13,15H,5-6,12H2,1-4H3,(H,17,19)/t15-/m0/s1. The van der Waals surface area contributed by atoms with Crippen molar-refractivity contribution in [3.05, 3.63) is 35.9 Å². The van der Waals surface area contributed by atoms with Gasteiger partial charge in [0.1, 0.15) is 0 Å². The lowest BCUT2D eigenvalue weighted by Crippen LogP contribution is -2.39. The van der Waals surface area contributed by atoms with Crippen molar-refractivity contribution in [1.29, 1.82) is 0 Å². The Morgan fingerprint density at radius 1 is 1.16 bits per heavy atom. The molecule has 1 aromatic carbocycles. The first-order chi connectivity index (χ1) is 9.10. The lowest BCUT2D eigenvalue weighted by molar-refractivity contribution is -0.124. The molecule has 19 heavy (non-hydrogen) atoms. The zero-order valence-electron chi connectivity index (χ0n) is 12.5. The van der Waals surface area contributed by atoms with E-state index in [1.807, 2.05) is 19.9 Å². The van der Waals surface area contributed by atoms with Gasteiger partial charge in [0.25, 0.3) is 0 Å². The van der Waals surface area contributed by atoms with Crippen LogP contribution in [-0.4, -0.2) is 30.4 Å². The Morgan fingerprint density at radius 3 is 2.21 bits per heavy atom. The van der Waals surface area contributed by atoms with Crippen LogP contribution in [0, 0.1) is 5.92 Å². The van der Waals surface area contributed by atoms with E-state index in [4.69, 9.17) is 0 Å². The van der Waals surface area contributed by atoms with Gasteiger partial charge in [0.15, 0.2) is 0 Å². The van der Waals surface area contributed by atoms with Gasteiger partial charge in [0.05, 0.1) is 6.04 Å². The minimum absolute atomic E-state index is 0.0353. The number of likely N-dealkylation sites (N-methyl/N-ethyl adjacent to an activating group) is 1. The van der Waals surface area contributed by atoms with E-state index < -0.39 is 0 Å². The lowest BCUT2D eigenvalue weighted by Gasteiger charge is -2.30. The molecule has 3 heteroatoms. The summed E-state index contributed by atoms with van der Waals surface area (Å²) in [5.74, 6) is 0.154. The second kappa shape index (κ2) is 7.95. The monoisotopic (exact) mass is 262 g/mol. The molecule has 0 unspecified atom stereocenters. The third-order valence-electron chi connectivity index (χ3n) is 3.43. The van der Waals surface area contributed by atoms with Gasteiger partial charge in [0.2, 0.25) is 5.91 Å². The van der Waals surface area contributed by atoms with Crippen molar-refractivity contribution in [2.75, 3.05) is 19.6 Å². The number of hydrogen-bond acceptors (Lipinski definition) is 2. The number of nitrogens with zero attached hydrogens (tertiary/aromatic N) is 1. The molecule has 1 aromatic rings. The van der Waals surface area contributed by atoms with Crippen LogP contribution in [0.1, 0.15) is 39.3 Å². The summed E-state index contributed by atoms with van der Waals surface area (Å²) in [6.45, 7) is 10.8. The third-order valence-corrected chi connectivity index (χ3v) is 3.43. The molecule has 0 heterocycles. The van der Waals surface area contributed by atoms with Crippen molar-refractivity contribution in [2.24, 2.45) is 5.92 Å². The van der Waals surface area contributed by atoms with Crippen molar-refractivity contribution in [3.8, 4) is 0 Å². The largest absolute Gasteiger partial charge is 0.354 e. The van der Waals surface area contributed by atoms with E-state index in [0.717, 1.165) is 13.1 Å². The molecule has 0 aliphatic carbocycles. The second-order valence-electron chi connectivity index (χ2n) is 5.05. The molecule has 0 saturated heterocycles. The summed E-state index contributed by atoms with van der Waals surface area (Å²) >= 11 is 0. The van der Waals surface area contributed by atoms with Crippen LogP contribution >= 0.6 is 0 Å². The van der Waals surface area contributed by atoms with Crippen LogP contribution in [0.15, 0.2) is 30.3 Å². The number of benzene rings is 1. The van der Waals surface area contributed by atoms with Crippen LogP contribution in [0.3, 0.4) is 0 Å². The van der Waals surface area contributed by atoms with Gasteiger partial charge in [-0.25, -0.2) is 0 Å². The number of nitrogens with one attached hydrogen (secondary N) is 1. The third kappa shape index (κ3) is 4.67. The Labute approximate surface area is 117 Å². The molecule has 0 aliphatic rings. The average molecular weight is 262 g/mol. The van der Waals surface area contributed by atoms with Crippen molar-refractivity contribution in [3.63, 3.8) is 0 Å². The summed E-state index contributed by atoms with van der Waals surface area (Å²) in [6, 6.07) is 10.6. The van der Waals surface area contributed by atoms with E-state index in [9.17, 15) is 4.79 Å². The molecule has 1 atom stereocenters. The van der Waals surface area contributed by atoms with Gasteiger partial charge < -0.3 is 5.32 Å². The molecule has 0 aromatic heterocycles. The van der Waals surface area contributed by atoms with Crippen molar-refractivity contribution >= 4 is 5.91 Å². The molecule has 1 N–H and O–H groups in total. The van der Waals surface area contributed by atoms with E-state index in [1.165, 1.54) is 5.56 Å². The SMILES string of the molecule is CCN(CC)[C@@H](CNC(=O)C(C)C)c1ccccc1. The summed E-state index contributed by atoms with van der Waals surface area (Å²) in [7, 11) is 0. The predicted molar refractivity (Wildman–Crippen MR) is 80.0 cm³/mol. The smallest absolute Gasteiger partial charge is 0.222 e. The van der Waals surface area contributed by atoms with E-state index in [-0.39, 0.29) is 17.9 Å². The summed E-state index contributed by atoms with van der Waals surface area (Å²) < 4.78 is 0. The molecule has 0 radical (unpaired) electrons. The van der Waals surface area contributed by atoms with Crippen molar-refractivity contribution in [2.45, 2.75) is 33.7 Å². The van der Waals surface area contributed by atoms with Gasteiger partial charge in [0, 0.05) is 12.5 Å². The predicted octanol–water partition coefficient (Wildman–Crippen LogP) is 2.84. The van der Waals surface area contributed by atoms with Gasteiger partial charge >= 0.3 is 0 Å². The fraction of sp³-hybridized carbons (Fsp3) is 0.562. The minimum Gasteiger partial charge on any atom is -0.354 e. The maximum Gasteiger partial charge on any atom is 0.222 e. The van der Waals surface area contributed by atoms with Crippen LogP contribution < -0.4 is 5.32 Å². The molecular formula is C16H26N2O. The Morgan fingerprint density at radius 2 is 1.74 bits per heavy atom. The first kappa shape index (κ1) is 15.7. The summed E-state index contributed by atoms with van der Waals surface area (Å²) in [5, 5.41) is 3.05. The van der Waals surface area contributed by atoms with E-state index >= 15 is 0 Å². The summed E-state index contributed by atoms with van der Waals surface area (Å²) in [4.78, 5) is 14.1. The van der Waals surface area contributed by atoms with E-state index in [1.54, 1.807) is 0 Å². The van der Waals surface area contributed by atoms with Gasteiger partial charge in [-0.05, 0) is 18.7 Å². The second-order valence-corrected chi connectivity index (χ2v) is 5.05. The van der Waals surface area contributed by atoms with Crippen LogP contribution in [-0.2, 0) is 4.79 Å². The van der Waals surface area contributed by atoms with Crippen molar-refractivity contribution in [1.82, 2.24) is 10.2 Å². The molecule has 0 aliphatic heterocycles. The molecule has 1 amide bonds. The number of rotatable bonds is 7. The van der Waals surface area contributed by atoms with Crippen molar-refractivity contribution < 1.29 is 4.79 Å². The van der Waals surface area contributed by atoms with Gasteiger partial charge in [-0.15, -0.1) is 0 Å². The topological polar surface area (TPSA) is 32.3 Å². The van der Waals surface area contributed by atoms with Gasteiger partial charge in [-0.3, -0.25) is 9.69 Å². The fourth-order valence-electron chi connectivity index (χ4n) is 2.20. The van der Waals surface area contributed by atoms with Gasteiger partial charge in [-0.1, -0.05) is 58.0 Å². The van der Waals surface area contributed by atoms with E-state index in [2.05, 4.69) is 48.3 Å². The molecule has 3 nitrogen and oxygen atoms in total. The first-order valence-corrected chi connectivity index (χ1v) is 7.16. The zero-order chi connectivity index (χ0) is 14.3. The zero-order valence-corrected chi connectivity index (χ0v) is 12.5. The molecule has 0 saturated carbocycles. The molecular weight excluding hydrogens is 236 g/mol. The minimum atomic E-state index is 0.0353. The Hall–Kier alpha value is -1.35. The summed E-state index contributed by atoms with van der Waals surface area (Å²) in [6.07, 6.45) is 0. The maximum absolute atomic E-state index is 11.7. The molecule has 0 fully saturated rings. The first-order valence-electron chi connectivity index (χ1n) is 7.16. The van der Waals surface area contributed by atoms with Gasteiger partial charge in [-0.2, -0.15) is 0 Å². The summed E-state index contributed by atoms with van der Waals surface area (Å²) in [5.41, 5.74) is 1.26. The lowest BCUT2D eigenvalue weighted by atomic mass is 10.0. The quantitative estimate of drug-likeness (QED) is 0.819. The average Bonchev–Trinajstić information content (AvgIpc) is 2.43. The Kier molecular flexibility index (Phi) is 6.57. The number of carbonyl (C=O) groups is 1. The molecule has 0 spiro atoms. The van der Waals surface area contributed by atoms with Crippen LogP contribution in [0.4, 0.5) is 0 Å². The maximum atomic E-state index is 11.7. The number of amides is 1. The Bertz CT molecular complexity index is 372. The molecule has 106 valence electrons. The molecule has 1 rings (SSSR count). The highest BCUT2D eigenvalue weighted by Crippen LogP contribution is 2.19.